The summed E-state index contributed by atoms with van der Waals surface area (Å²) in [4.78, 5) is 2.20. The normalized spacial score (nSPS) is 24.4. The van der Waals surface area contributed by atoms with Gasteiger partial charge >= 0.3 is 0 Å². The van der Waals surface area contributed by atoms with Gasteiger partial charge in [-0.25, -0.2) is 0 Å². The molecule has 0 spiro atoms. The lowest BCUT2D eigenvalue weighted by Crippen LogP contribution is -2.46. The minimum Gasteiger partial charge on any atom is -0.394 e. The molecule has 4 heteroatoms. The van der Waals surface area contributed by atoms with Crippen molar-refractivity contribution < 1.29 is 10.2 Å². The van der Waals surface area contributed by atoms with Crippen LogP contribution in [0.1, 0.15) is 26.2 Å². The van der Waals surface area contributed by atoms with Gasteiger partial charge in [0.25, 0.3) is 0 Å². The molecule has 0 bridgehead atoms. The highest BCUT2D eigenvalue weighted by Crippen LogP contribution is 2.08. The number of nitrogens with one attached hydrogen (secondary N) is 1. The van der Waals surface area contributed by atoms with E-state index in [1.54, 1.807) is 0 Å². The summed E-state index contributed by atoms with van der Waals surface area (Å²) in [5.74, 6) is 0. The topological polar surface area (TPSA) is 55.7 Å². The van der Waals surface area contributed by atoms with Gasteiger partial charge in [-0.1, -0.05) is 13.3 Å². The van der Waals surface area contributed by atoms with Crippen LogP contribution >= 0.6 is 0 Å². The van der Waals surface area contributed by atoms with Crippen LogP contribution in [0.25, 0.3) is 0 Å². The monoisotopic (exact) mass is 216 g/mol. The van der Waals surface area contributed by atoms with Crippen LogP contribution in [0.3, 0.4) is 0 Å². The first kappa shape index (κ1) is 12.9. The Morgan fingerprint density at radius 1 is 1.47 bits per heavy atom. The number of aliphatic hydroxyl groups is 2. The van der Waals surface area contributed by atoms with Crippen LogP contribution in [0.2, 0.25) is 0 Å². The summed E-state index contributed by atoms with van der Waals surface area (Å²) in [6.07, 6.45) is 3.21. The summed E-state index contributed by atoms with van der Waals surface area (Å²) in [5.41, 5.74) is 0. The minimum absolute atomic E-state index is 0.144. The van der Waals surface area contributed by atoms with Crippen molar-refractivity contribution >= 4 is 0 Å². The van der Waals surface area contributed by atoms with Crippen molar-refractivity contribution in [3.63, 3.8) is 0 Å². The van der Waals surface area contributed by atoms with E-state index in [-0.39, 0.29) is 6.61 Å². The molecule has 3 N–H and O–H groups in total. The lowest BCUT2D eigenvalue weighted by molar-refractivity contribution is 0.0567. The zero-order chi connectivity index (χ0) is 11.1. The highest BCUT2D eigenvalue weighted by Gasteiger charge is 2.17. The molecule has 15 heavy (non-hydrogen) atoms. The van der Waals surface area contributed by atoms with E-state index in [2.05, 4.69) is 17.1 Å². The van der Waals surface area contributed by atoms with Crippen LogP contribution in [-0.2, 0) is 0 Å². The van der Waals surface area contributed by atoms with Gasteiger partial charge in [-0.3, -0.25) is 4.90 Å². The van der Waals surface area contributed by atoms with Gasteiger partial charge in [0.05, 0.1) is 12.7 Å². The smallest absolute Gasteiger partial charge is 0.0897 e. The van der Waals surface area contributed by atoms with E-state index in [4.69, 9.17) is 5.11 Å². The second kappa shape index (κ2) is 7.17. The lowest BCUT2D eigenvalue weighted by atomic mass is 10.0. The van der Waals surface area contributed by atoms with Gasteiger partial charge in [-0.15, -0.1) is 0 Å². The van der Waals surface area contributed by atoms with Crippen molar-refractivity contribution in [3.8, 4) is 0 Å². The van der Waals surface area contributed by atoms with Gasteiger partial charge < -0.3 is 15.5 Å². The van der Waals surface area contributed by atoms with Gasteiger partial charge in [0, 0.05) is 19.1 Å². The molecule has 1 saturated heterocycles. The van der Waals surface area contributed by atoms with E-state index in [1.807, 2.05) is 0 Å². The van der Waals surface area contributed by atoms with Gasteiger partial charge in [0.15, 0.2) is 0 Å². The third-order valence-electron chi connectivity index (χ3n) is 3.02. The highest BCUT2D eigenvalue weighted by molar-refractivity contribution is 4.76. The van der Waals surface area contributed by atoms with Crippen molar-refractivity contribution in [1.29, 1.82) is 0 Å². The fourth-order valence-electron chi connectivity index (χ4n) is 2.08. The minimum atomic E-state index is -0.603. The zero-order valence-electron chi connectivity index (χ0n) is 9.65. The fraction of sp³-hybridized carbons (Fsp3) is 1.00. The van der Waals surface area contributed by atoms with Crippen LogP contribution in [0.15, 0.2) is 0 Å². The molecule has 1 fully saturated rings. The molecule has 90 valence electrons. The molecular weight excluding hydrogens is 192 g/mol. The molecule has 1 aliphatic heterocycles. The standard InChI is InChI=1S/C11H24N2O2/c1-2-13(8-11(15)9-14)7-10-5-3-4-6-12-10/h10-12,14-15H,2-9H2,1H3. The molecule has 0 aromatic carbocycles. The quantitative estimate of drug-likeness (QED) is 0.576. The Morgan fingerprint density at radius 3 is 2.80 bits per heavy atom. The number of aliphatic hydroxyl groups excluding tert-OH is 2. The van der Waals surface area contributed by atoms with Crippen molar-refractivity contribution in [2.75, 3.05) is 32.8 Å². The molecule has 0 aliphatic carbocycles. The van der Waals surface area contributed by atoms with E-state index in [0.29, 0.717) is 12.6 Å². The zero-order valence-corrected chi connectivity index (χ0v) is 9.65. The van der Waals surface area contributed by atoms with E-state index >= 15 is 0 Å². The number of hydrogen-bond donors (Lipinski definition) is 3. The Balaban J connectivity index is 2.25. The molecule has 2 atom stereocenters. The second-order valence-electron chi connectivity index (χ2n) is 4.34. The maximum absolute atomic E-state index is 9.38. The van der Waals surface area contributed by atoms with Gasteiger partial charge in [-0.2, -0.15) is 0 Å². The summed E-state index contributed by atoms with van der Waals surface area (Å²) in [5, 5.41) is 21.7. The highest BCUT2D eigenvalue weighted by atomic mass is 16.3. The molecule has 2 unspecified atom stereocenters. The molecule has 4 nitrogen and oxygen atoms in total. The average Bonchev–Trinajstić information content (AvgIpc) is 2.29. The first-order chi connectivity index (χ1) is 7.26. The molecule has 1 heterocycles. The second-order valence-corrected chi connectivity index (χ2v) is 4.34. The molecule has 0 amide bonds. The molecule has 0 saturated carbocycles. The van der Waals surface area contributed by atoms with Crippen molar-refractivity contribution in [1.82, 2.24) is 10.2 Å². The maximum Gasteiger partial charge on any atom is 0.0897 e. The predicted octanol–water partition coefficient (Wildman–Crippen LogP) is -0.196. The number of hydrogen-bond acceptors (Lipinski definition) is 4. The summed E-state index contributed by atoms with van der Waals surface area (Å²) in [7, 11) is 0. The molecular formula is C11H24N2O2. The van der Waals surface area contributed by atoms with Crippen molar-refractivity contribution in [2.24, 2.45) is 0 Å². The first-order valence-corrected chi connectivity index (χ1v) is 6.01. The van der Waals surface area contributed by atoms with Crippen LogP contribution in [-0.4, -0.2) is 60.0 Å². The Morgan fingerprint density at radius 2 is 2.27 bits per heavy atom. The third-order valence-corrected chi connectivity index (χ3v) is 3.02. The maximum atomic E-state index is 9.38. The number of likely N-dealkylation sites (N-methyl/N-ethyl adjacent to an activating group) is 1. The van der Waals surface area contributed by atoms with E-state index < -0.39 is 6.10 Å². The van der Waals surface area contributed by atoms with Gasteiger partial charge in [0.1, 0.15) is 0 Å². The Hall–Kier alpha value is -0.160. The van der Waals surface area contributed by atoms with E-state index in [9.17, 15) is 5.11 Å². The SMILES string of the molecule is CCN(CC(O)CO)CC1CCCCN1. The van der Waals surface area contributed by atoms with Crippen LogP contribution in [0.5, 0.6) is 0 Å². The van der Waals surface area contributed by atoms with Crippen molar-refractivity contribution in [3.05, 3.63) is 0 Å². The number of nitrogens with zero attached hydrogens (tertiary/aromatic N) is 1. The summed E-state index contributed by atoms with van der Waals surface area (Å²) in [6.45, 7) is 5.54. The van der Waals surface area contributed by atoms with Crippen LogP contribution < -0.4 is 5.32 Å². The summed E-state index contributed by atoms with van der Waals surface area (Å²) < 4.78 is 0. The molecule has 1 rings (SSSR count). The Bertz CT molecular complexity index is 161. The third kappa shape index (κ3) is 4.93. The molecule has 1 aliphatic rings. The summed E-state index contributed by atoms with van der Waals surface area (Å²) in [6, 6.07) is 0.560. The fourth-order valence-corrected chi connectivity index (χ4v) is 2.08. The van der Waals surface area contributed by atoms with Crippen LogP contribution in [0.4, 0.5) is 0 Å². The number of piperidine rings is 1. The summed E-state index contributed by atoms with van der Waals surface area (Å²) >= 11 is 0. The Labute approximate surface area is 92.3 Å². The molecule has 0 aromatic heterocycles. The van der Waals surface area contributed by atoms with E-state index in [0.717, 1.165) is 19.6 Å². The molecule has 0 aromatic rings. The largest absolute Gasteiger partial charge is 0.394 e. The lowest BCUT2D eigenvalue weighted by Gasteiger charge is -2.30. The van der Waals surface area contributed by atoms with E-state index in [1.165, 1.54) is 19.3 Å². The number of rotatable bonds is 6. The van der Waals surface area contributed by atoms with Gasteiger partial charge in [0.2, 0.25) is 0 Å². The predicted molar refractivity (Wildman–Crippen MR) is 60.8 cm³/mol. The van der Waals surface area contributed by atoms with Gasteiger partial charge in [-0.05, 0) is 25.9 Å². The Kier molecular flexibility index (Phi) is 6.17. The first-order valence-electron chi connectivity index (χ1n) is 6.01. The van der Waals surface area contributed by atoms with Crippen LogP contribution in [0, 0.1) is 0 Å². The average molecular weight is 216 g/mol. The molecule has 0 radical (unpaired) electrons. The van der Waals surface area contributed by atoms with Crippen molar-refractivity contribution in [2.45, 2.75) is 38.3 Å².